The highest BCUT2D eigenvalue weighted by Gasteiger charge is 2.22. The highest BCUT2D eigenvalue weighted by atomic mass is 35.5. The summed E-state index contributed by atoms with van der Waals surface area (Å²) in [4.78, 5) is 43.6. The molecule has 2 rings (SSSR count). The molecule has 154 valence electrons. The molecule has 0 aliphatic carbocycles. The topological polar surface area (TPSA) is 142 Å². The Morgan fingerprint density at radius 1 is 1.07 bits per heavy atom. The largest absolute Gasteiger partial charge is 0.465 e. The second kappa shape index (κ2) is 8.97. The van der Waals surface area contributed by atoms with Crippen molar-refractivity contribution in [2.24, 2.45) is 0 Å². The molecule has 0 atom stereocenters. The lowest BCUT2D eigenvalue weighted by molar-refractivity contribution is 0.0598. The van der Waals surface area contributed by atoms with Crippen molar-refractivity contribution >= 4 is 45.0 Å². The van der Waals surface area contributed by atoms with Crippen molar-refractivity contribution in [1.29, 1.82) is 0 Å². The third-order valence-electron chi connectivity index (χ3n) is 3.63. The third kappa shape index (κ3) is 5.06. The maximum Gasteiger partial charge on any atom is 0.337 e. The monoisotopic (exact) mass is 441 g/mol. The van der Waals surface area contributed by atoms with Crippen LogP contribution in [-0.4, -0.2) is 56.2 Å². The summed E-state index contributed by atoms with van der Waals surface area (Å²) < 4.78 is 33.1. The standard InChI is InChI=1S/C17H16ClN3O7S/c1-4-29(25,26)17-19-8-12(18)13(21-17)14(22)20-11-6-9(15(23)27-2)5-10(7-11)16(24)28-3/h5-8H,4H2,1-3H3,(H,20,22). The number of rotatable bonds is 6. The highest BCUT2D eigenvalue weighted by molar-refractivity contribution is 7.91. The van der Waals surface area contributed by atoms with Crippen LogP contribution in [-0.2, 0) is 19.3 Å². The number of amides is 1. The predicted molar refractivity (Wildman–Crippen MR) is 102 cm³/mol. The molecule has 1 aromatic heterocycles. The van der Waals surface area contributed by atoms with E-state index in [1.54, 1.807) is 0 Å². The Morgan fingerprint density at radius 3 is 2.10 bits per heavy atom. The number of carbonyl (C=O) groups is 3. The van der Waals surface area contributed by atoms with E-state index in [1.165, 1.54) is 25.1 Å². The molecule has 0 saturated carbocycles. The Bertz CT molecular complexity index is 1050. The molecule has 0 fully saturated rings. The lowest BCUT2D eigenvalue weighted by atomic mass is 10.1. The number of carbonyl (C=O) groups excluding carboxylic acids is 3. The molecule has 10 nitrogen and oxygen atoms in total. The van der Waals surface area contributed by atoms with E-state index in [1.807, 2.05) is 0 Å². The van der Waals surface area contributed by atoms with Gasteiger partial charge in [-0.2, -0.15) is 0 Å². The first-order valence-corrected chi connectivity index (χ1v) is 10.0. The smallest absolute Gasteiger partial charge is 0.337 e. The molecule has 0 unspecified atom stereocenters. The number of methoxy groups -OCH3 is 2. The fourth-order valence-electron chi connectivity index (χ4n) is 2.15. The molecule has 1 heterocycles. The molecule has 2 aromatic rings. The van der Waals surface area contributed by atoms with E-state index >= 15 is 0 Å². The number of ether oxygens (including phenoxy) is 2. The van der Waals surface area contributed by atoms with Gasteiger partial charge in [0.05, 0.1) is 42.3 Å². The predicted octanol–water partition coefficient (Wildman–Crippen LogP) is 1.75. The summed E-state index contributed by atoms with van der Waals surface area (Å²) in [6.07, 6.45) is 0.997. The van der Waals surface area contributed by atoms with Gasteiger partial charge in [0.15, 0.2) is 5.69 Å². The van der Waals surface area contributed by atoms with Crippen molar-refractivity contribution in [3.63, 3.8) is 0 Å². The Morgan fingerprint density at radius 2 is 1.62 bits per heavy atom. The first-order chi connectivity index (χ1) is 13.6. The summed E-state index contributed by atoms with van der Waals surface area (Å²) in [6.45, 7) is 1.40. The molecule has 0 bridgehead atoms. The van der Waals surface area contributed by atoms with Gasteiger partial charge in [-0.05, 0) is 18.2 Å². The van der Waals surface area contributed by atoms with Gasteiger partial charge in [-0.15, -0.1) is 0 Å². The summed E-state index contributed by atoms with van der Waals surface area (Å²) in [7, 11) is -1.46. The van der Waals surface area contributed by atoms with Crippen LogP contribution in [0.4, 0.5) is 5.69 Å². The van der Waals surface area contributed by atoms with Crippen LogP contribution in [0.3, 0.4) is 0 Å². The second-order valence-corrected chi connectivity index (χ2v) is 8.07. The SMILES string of the molecule is CCS(=O)(=O)c1ncc(Cl)c(C(=O)Nc2cc(C(=O)OC)cc(C(=O)OC)c2)n1. The highest BCUT2D eigenvalue weighted by Crippen LogP contribution is 2.20. The third-order valence-corrected chi connectivity index (χ3v) is 5.42. The van der Waals surface area contributed by atoms with Crippen LogP contribution in [0.1, 0.15) is 38.1 Å². The Labute approximate surface area is 171 Å². The van der Waals surface area contributed by atoms with Crippen LogP contribution in [0, 0.1) is 0 Å². The van der Waals surface area contributed by atoms with E-state index in [2.05, 4.69) is 24.8 Å². The number of nitrogens with zero attached hydrogens (tertiary/aromatic N) is 2. The minimum atomic E-state index is -3.77. The van der Waals surface area contributed by atoms with Gasteiger partial charge in [0, 0.05) is 5.69 Å². The zero-order chi connectivity index (χ0) is 21.8. The molecular formula is C17H16ClN3O7S. The van der Waals surface area contributed by atoms with E-state index in [4.69, 9.17) is 11.6 Å². The van der Waals surface area contributed by atoms with Crippen LogP contribution in [0.25, 0.3) is 0 Å². The fraction of sp³-hybridized carbons (Fsp3) is 0.235. The molecule has 29 heavy (non-hydrogen) atoms. The number of benzene rings is 1. The minimum absolute atomic E-state index is 0.0197. The maximum absolute atomic E-state index is 12.6. The second-order valence-electron chi connectivity index (χ2n) is 5.49. The molecule has 12 heteroatoms. The van der Waals surface area contributed by atoms with E-state index < -0.39 is 38.5 Å². The average molecular weight is 442 g/mol. The summed E-state index contributed by atoms with van der Waals surface area (Å²) in [5.41, 5.74) is -0.396. The van der Waals surface area contributed by atoms with Crippen molar-refractivity contribution in [2.45, 2.75) is 12.1 Å². The maximum atomic E-state index is 12.6. The summed E-state index contributed by atoms with van der Waals surface area (Å²) >= 11 is 5.93. The van der Waals surface area contributed by atoms with Gasteiger partial charge in [-0.1, -0.05) is 18.5 Å². The quantitative estimate of drug-likeness (QED) is 0.523. The van der Waals surface area contributed by atoms with E-state index in [-0.39, 0.29) is 27.6 Å². The Hall–Kier alpha value is -3.05. The molecule has 0 saturated heterocycles. The molecule has 1 aromatic carbocycles. The Balaban J connectivity index is 2.46. The summed E-state index contributed by atoms with van der Waals surface area (Å²) in [5.74, 6) is -2.63. The van der Waals surface area contributed by atoms with Crippen LogP contribution < -0.4 is 5.32 Å². The van der Waals surface area contributed by atoms with Crippen molar-refractivity contribution in [2.75, 3.05) is 25.3 Å². The zero-order valence-electron chi connectivity index (χ0n) is 15.6. The molecular weight excluding hydrogens is 426 g/mol. The van der Waals surface area contributed by atoms with Crippen molar-refractivity contribution in [1.82, 2.24) is 9.97 Å². The van der Waals surface area contributed by atoms with Gasteiger partial charge >= 0.3 is 11.9 Å². The average Bonchev–Trinajstić information content (AvgIpc) is 2.72. The first-order valence-electron chi connectivity index (χ1n) is 8.01. The fourth-order valence-corrected chi connectivity index (χ4v) is 3.03. The van der Waals surface area contributed by atoms with E-state index in [0.717, 1.165) is 20.4 Å². The molecule has 0 radical (unpaired) electrons. The van der Waals surface area contributed by atoms with Crippen molar-refractivity contribution in [3.8, 4) is 0 Å². The number of aromatic nitrogens is 2. The van der Waals surface area contributed by atoms with E-state index in [0.29, 0.717) is 0 Å². The zero-order valence-corrected chi connectivity index (χ0v) is 17.1. The molecule has 1 amide bonds. The minimum Gasteiger partial charge on any atom is -0.465 e. The van der Waals surface area contributed by atoms with E-state index in [9.17, 15) is 22.8 Å². The number of nitrogens with one attached hydrogen (secondary N) is 1. The number of hydrogen-bond acceptors (Lipinski definition) is 9. The van der Waals surface area contributed by atoms with Gasteiger partial charge in [0.2, 0.25) is 15.0 Å². The Kier molecular flexibility index (Phi) is 6.88. The van der Waals surface area contributed by atoms with Gasteiger partial charge in [0.1, 0.15) is 0 Å². The lowest BCUT2D eigenvalue weighted by Crippen LogP contribution is -2.19. The molecule has 0 aliphatic rings. The molecule has 1 N–H and O–H groups in total. The van der Waals surface area contributed by atoms with Gasteiger partial charge < -0.3 is 14.8 Å². The molecule has 0 spiro atoms. The van der Waals surface area contributed by atoms with Gasteiger partial charge in [-0.25, -0.2) is 28.0 Å². The van der Waals surface area contributed by atoms with Crippen LogP contribution >= 0.6 is 11.6 Å². The van der Waals surface area contributed by atoms with Crippen molar-refractivity contribution in [3.05, 3.63) is 46.2 Å². The first kappa shape index (κ1) is 22.2. The van der Waals surface area contributed by atoms with Gasteiger partial charge in [0.25, 0.3) is 5.91 Å². The van der Waals surface area contributed by atoms with Crippen LogP contribution in [0.2, 0.25) is 5.02 Å². The van der Waals surface area contributed by atoms with Gasteiger partial charge in [-0.3, -0.25) is 4.79 Å². The van der Waals surface area contributed by atoms with Crippen molar-refractivity contribution < 1.29 is 32.3 Å². The number of halogens is 1. The number of sulfone groups is 1. The lowest BCUT2D eigenvalue weighted by Gasteiger charge is -2.10. The molecule has 0 aliphatic heterocycles. The number of hydrogen-bond donors (Lipinski definition) is 1. The normalized spacial score (nSPS) is 10.9. The number of anilines is 1. The van der Waals surface area contributed by atoms with Crippen LogP contribution in [0.5, 0.6) is 0 Å². The van der Waals surface area contributed by atoms with Crippen LogP contribution in [0.15, 0.2) is 29.6 Å². The number of esters is 2. The summed E-state index contributed by atoms with van der Waals surface area (Å²) in [5, 5.41) is 1.68. The summed E-state index contributed by atoms with van der Waals surface area (Å²) in [6, 6.07) is 3.75.